The average Bonchev–Trinajstić information content (AvgIpc) is 2.47. The van der Waals surface area contributed by atoms with Crippen molar-refractivity contribution in [3.05, 3.63) is 18.0 Å². The van der Waals surface area contributed by atoms with Crippen LogP contribution in [0, 0.1) is 0 Å². The molecular weight excluding hydrogens is 207 g/mol. The summed E-state index contributed by atoms with van der Waals surface area (Å²) in [5.41, 5.74) is 0.807. The topological polar surface area (TPSA) is 29.9 Å². The fraction of sp³-hybridized carbons (Fsp3) is 0.667. The zero-order valence-corrected chi connectivity index (χ0v) is 8.67. The van der Waals surface area contributed by atoms with Gasteiger partial charge in [0.2, 0.25) is 0 Å². The van der Waals surface area contributed by atoms with Crippen LogP contribution in [0.25, 0.3) is 0 Å². The molecular formula is C9H14F3N3. The van der Waals surface area contributed by atoms with Gasteiger partial charge in [-0.1, -0.05) is 0 Å². The van der Waals surface area contributed by atoms with Crippen LogP contribution in [0.2, 0.25) is 0 Å². The molecule has 0 saturated carbocycles. The maximum atomic E-state index is 12.1. The molecule has 0 aliphatic carbocycles. The van der Waals surface area contributed by atoms with E-state index in [1.807, 2.05) is 0 Å². The highest BCUT2D eigenvalue weighted by Gasteiger charge is 2.31. The van der Waals surface area contributed by atoms with Gasteiger partial charge in [-0.2, -0.15) is 18.3 Å². The molecule has 3 nitrogen and oxygen atoms in total. The van der Waals surface area contributed by atoms with Crippen molar-refractivity contribution in [1.29, 1.82) is 0 Å². The van der Waals surface area contributed by atoms with E-state index in [1.165, 1.54) is 7.05 Å². The van der Waals surface area contributed by atoms with Crippen LogP contribution in [-0.4, -0.2) is 29.0 Å². The molecule has 0 radical (unpaired) electrons. The smallest absolute Gasteiger partial charge is 0.316 e. The van der Waals surface area contributed by atoms with E-state index >= 15 is 0 Å². The molecule has 1 unspecified atom stereocenters. The molecule has 0 saturated heterocycles. The molecule has 0 bridgehead atoms. The first kappa shape index (κ1) is 12.0. The summed E-state index contributed by atoms with van der Waals surface area (Å²) >= 11 is 0. The summed E-state index contributed by atoms with van der Waals surface area (Å²) in [4.78, 5) is 0. The second-order valence-corrected chi connectivity index (χ2v) is 3.53. The minimum absolute atomic E-state index is 0.337. The minimum Gasteiger partial charge on any atom is -0.316 e. The van der Waals surface area contributed by atoms with Gasteiger partial charge in [0.15, 0.2) is 0 Å². The molecule has 1 atom stereocenters. The first-order valence-corrected chi connectivity index (χ1v) is 4.62. The van der Waals surface area contributed by atoms with Crippen molar-refractivity contribution < 1.29 is 13.2 Å². The number of aryl methyl sites for hydroxylation is 1. The lowest BCUT2D eigenvalue weighted by Crippen LogP contribution is -2.32. The van der Waals surface area contributed by atoms with Gasteiger partial charge in [-0.25, -0.2) is 0 Å². The summed E-state index contributed by atoms with van der Waals surface area (Å²) in [5.74, 6) is 0. The highest BCUT2D eigenvalue weighted by atomic mass is 19.4. The van der Waals surface area contributed by atoms with Crippen LogP contribution < -0.4 is 5.32 Å². The largest absolute Gasteiger partial charge is 0.390 e. The zero-order valence-electron chi connectivity index (χ0n) is 8.67. The summed E-state index contributed by atoms with van der Waals surface area (Å²) in [6.45, 7) is 0. The van der Waals surface area contributed by atoms with Crippen molar-refractivity contribution in [2.24, 2.45) is 7.05 Å². The van der Waals surface area contributed by atoms with E-state index in [-0.39, 0.29) is 0 Å². The predicted molar refractivity (Wildman–Crippen MR) is 50.4 cm³/mol. The standard InChI is InChI=1S/C9H14F3N3/c1-13-8(4-9(10,11)12)3-7-5-14-15(2)6-7/h5-6,8,13H,3-4H2,1-2H3. The van der Waals surface area contributed by atoms with Crippen molar-refractivity contribution in [1.82, 2.24) is 15.1 Å². The van der Waals surface area contributed by atoms with Gasteiger partial charge in [0.05, 0.1) is 12.6 Å². The minimum atomic E-state index is -4.13. The van der Waals surface area contributed by atoms with Gasteiger partial charge in [0.1, 0.15) is 0 Å². The van der Waals surface area contributed by atoms with E-state index in [4.69, 9.17) is 0 Å². The quantitative estimate of drug-likeness (QED) is 0.835. The zero-order chi connectivity index (χ0) is 11.5. The molecule has 0 amide bonds. The number of halogens is 3. The fourth-order valence-corrected chi connectivity index (χ4v) is 1.42. The highest BCUT2D eigenvalue weighted by Crippen LogP contribution is 2.22. The molecule has 0 aliphatic rings. The molecule has 6 heteroatoms. The van der Waals surface area contributed by atoms with Crippen molar-refractivity contribution >= 4 is 0 Å². The molecule has 15 heavy (non-hydrogen) atoms. The van der Waals surface area contributed by atoms with E-state index in [9.17, 15) is 13.2 Å². The molecule has 0 aliphatic heterocycles. The Balaban J connectivity index is 2.54. The third-order valence-corrected chi connectivity index (χ3v) is 2.13. The fourth-order valence-electron chi connectivity index (χ4n) is 1.42. The molecule has 1 N–H and O–H groups in total. The lowest BCUT2D eigenvalue weighted by molar-refractivity contribution is -0.139. The van der Waals surface area contributed by atoms with Crippen molar-refractivity contribution in [3.8, 4) is 0 Å². The molecule has 1 rings (SSSR count). The van der Waals surface area contributed by atoms with Crippen LogP contribution in [0.4, 0.5) is 13.2 Å². The Kier molecular flexibility index (Phi) is 3.73. The molecule has 0 aromatic carbocycles. The summed E-state index contributed by atoms with van der Waals surface area (Å²) in [6, 6.07) is -0.589. The van der Waals surface area contributed by atoms with Crippen LogP contribution in [0.3, 0.4) is 0 Å². The molecule has 1 aromatic heterocycles. The van der Waals surface area contributed by atoms with E-state index < -0.39 is 18.6 Å². The summed E-state index contributed by atoms with van der Waals surface area (Å²) < 4.78 is 38.0. The Morgan fingerprint density at radius 1 is 1.53 bits per heavy atom. The van der Waals surface area contributed by atoms with E-state index in [0.29, 0.717) is 6.42 Å². The van der Waals surface area contributed by atoms with Crippen LogP contribution in [0.5, 0.6) is 0 Å². The number of nitrogens with zero attached hydrogens (tertiary/aromatic N) is 2. The number of nitrogens with one attached hydrogen (secondary N) is 1. The van der Waals surface area contributed by atoms with Crippen LogP contribution in [-0.2, 0) is 13.5 Å². The van der Waals surface area contributed by atoms with Crippen molar-refractivity contribution in [2.75, 3.05) is 7.05 Å². The van der Waals surface area contributed by atoms with Gasteiger partial charge in [-0.05, 0) is 19.0 Å². The second kappa shape index (κ2) is 4.65. The van der Waals surface area contributed by atoms with Crippen molar-refractivity contribution in [2.45, 2.75) is 25.1 Å². The molecule has 0 spiro atoms. The summed E-state index contributed by atoms with van der Waals surface area (Å²) in [5, 5.41) is 6.57. The van der Waals surface area contributed by atoms with Gasteiger partial charge in [0.25, 0.3) is 0 Å². The maximum absolute atomic E-state index is 12.1. The lowest BCUT2D eigenvalue weighted by Gasteiger charge is -2.16. The Bertz CT molecular complexity index is 306. The number of hydrogen-bond donors (Lipinski definition) is 1. The van der Waals surface area contributed by atoms with Crippen LogP contribution in [0.1, 0.15) is 12.0 Å². The van der Waals surface area contributed by atoms with E-state index in [1.54, 1.807) is 24.1 Å². The summed E-state index contributed by atoms with van der Waals surface area (Å²) in [7, 11) is 3.27. The maximum Gasteiger partial charge on any atom is 0.390 e. The van der Waals surface area contributed by atoms with Gasteiger partial charge >= 0.3 is 6.18 Å². The third-order valence-electron chi connectivity index (χ3n) is 2.13. The first-order chi connectivity index (χ1) is 6.90. The summed E-state index contributed by atoms with van der Waals surface area (Å²) in [6.07, 6.45) is -1.31. The van der Waals surface area contributed by atoms with Crippen molar-refractivity contribution in [3.63, 3.8) is 0 Å². The predicted octanol–water partition coefficient (Wildman–Crippen LogP) is 1.50. The number of aromatic nitrogens is 2. The Labute approximate surface area is 86.3 Å². The Hall–Kier alpha value is -1.04. The molecule has 1 heterocycles. The Morgan fingerprint density at radius 2 is 2.20 bits per heavy atom. The van der Waals surface area contributed by atoms with Crippen LogP contribution in [0.15, 0.2) is 12.4 Å². The van der Waals surface area contributed by atoms with Gasteiger partial charge in [-0.15, -0.1) is 0 Å². The van der Waals surface area contributed by atoms with Crippen LogP contribution >= 0.6 is 0 Å². The lowest BCUT2D eigenvalue weighted by atomic mass is 10.1. The molecule has 0 fully saturated rings. The molecule has 86 valence electrons. The number of alkyl halides is 3. The van der Waals surface area contributed by atoms with Gasteiger partial charge < -0.3 is 5.32 Å². The van der Waals surface area contributed by atoms with Gasteiger partial charge in [0, 0.05) is 19.3 Å². The number of hydrogen-bond acceptors (Lipinski definition) is 2. The SMILES string of the molecule is CNC(Cc1cnn(C)c1)CC(F)(F)F. The first-order valence-electron chi connectivity index (χ1n) is 4.62. The van der Waals surface area contributed by atoms with E-state index in [2.05, 4.69) is 10.4 Å². The second-order valence-electron chi connectivity index (χ2n) is 3.53. The monoisotopic (exact) mass is 221 g/mol. The number of rotatable bonds is 4. The highest BCUT2D eigenvalue weighted by molar-refractivity contribution is 5.06. The number of likely N-dealkylation sites (N-methyl/N-ethyl adjacent to an activating group) is 1. The third kappa shape index (κ3) is 4.33. The van der Waals surface area contributed by atoms with E-state index in [0.717, 1.165) is 5.56 Å². The molecule has 1 aromatic rings. The average molecular weight is 221 g/mol. The Morgan fingerprint density at radius 3 is 2.60 bits per heavy atom. The normalized spacial score (nSPS) is 14.2. The van der Waals surface area contributed by atoms with Gasteiger partial charge in [-0.3, -0.25) is 4.68 Å².